The summed E-state index contributed by atoms with van der Waals surface area (Å²) >= 11 is -0.826. The topological polar surface area (TPSA) is 32.6 Å². The van der Waals surface area contributed by atoms with E-state index in [0.29, 0.717) is 23.6 Å². The average Bonchev–Trinajstić information content (AvgIpc) is 2.66. The van der Waals surface area contributed by atoms with Crippen LogP contribution in [0, 0.1) is 18.8 Å². The molecule has 3 atom stereocenters. The van der Waals surface area contributed by atoms with Crippen molar-refractivity contribution < 1.29 is 26.0 Å². The molecule has 0 bridgehead atoms. The predicted octanol–water partition coefficient (Wildman–Crippen LogP) is 7.37. The van der Waals surface area contributed by atoms with Crippen LogP contribution in [-0.4, -0.2) is 17.4 Å². The number of benzene rings is 1. The molecule has 27 heavy (non-hydrogen) atoms. The Kier molecular flexibility index (Phi) is 10.4. The minimum atomic E-state index is -0.826. The fourth-order valence-corrected chi connectivity index (χ4v) is 4.57. The van der Waals surface area contributed by atoms with Crippen LogP contribution in [0.1, 0.15) is 87.8 Å². The third-order valence-corrected chi connectivity index (χ3v) is 6.57. The van der Waals surface area contributed by atoms with Crippen molar-refractivity contribution in [2.75, 3.05) is 0 Å². The molecule has 0 saturated heterocycles. The zero-order chi connectivity index (χ0) is 19.8. The maximum atomic E-state index is 10.9. The van der Waals surface area contributed by atoms with Crippen molar-refractivity contribution in [3.63, 3.8) is 0 Å². The van der Waals surface area contributed by atoms with Gasteiger partial charge < -0.3 is 5.11 Å². The van der Waals surface area contributed by atoms with E-state index >= 15 is 0 Å². The van der Waals surface area contributed by atoms with E-state index in [1.807, 2.05) is 6.21 Å². The summed E-state index contributed by atoms with van der Waals surface area (Å²) in [5, 5.41) is 10.9. The molecular weight excluding hydrogens is 456 g/mol. The van der Waals surface area contributed by atoms with Crippen molar-refractivity contribution in [1.29, 1.82) is 0 Å². The summed E-state index contributed by atoms with van der Waals surface area (Å²) in [6.07, 6.45) is 12.1. The Morgan fingerprint density at radius 3 is 2.37 bits per heavy atom. The third-order valence-electron chi connectivity index (χ3n) is 6.57. The number of phenols is 1. The van der Waals surface area contributed by atoms with Gasteiger partial charge in [-0.3, -0.25) is 4.99 Å². The molecule has 1 aromatic rings. The van der Waals surface area contributed by atoms with Crippen LogP contribution in [0.25, 0.3) is 0 Å². The normalized spacial score (nSPS) is 26.5. The van der Waals surface area contributed by atoms with E-state index in [4.69, 9.17) is 22.0 Å². The van der Waals surface area contributed by atoms with Crippen molar-refractivity contribution in [1.82, 2.24) is 0 Å². The number of halogens is 2. The van der Waals surface area contributed by atoms with Crippen LogP contribution in [0.2, 0.25) is 0 Å². The first-order valence-electron chi connectivity index (χ1n) is 10.3. The van der Waals surface area contributed by atoms with Crippen molar-refractivity contribution in [2.45, 2.75) is 84.1 Å². The molecule has 1 N–H and O–H groups in total. The molecule has 1 aromatic carbocycles. The minimum absolute atomic E-state index is 0.408. The zero-order valence-electron chi connectivity index (χ0n) is 16.8. The Labute approximate surface area is 183 Å². The van der Waals surface area contributed by atoms with Crippen LogP contribution < -0.4 is 0 Å². The number of aromatic hydroxyl groups is 1. The molecule has 3 unspecified atom stereocenters. The summed E-state index contributed by atoms with van der Waals surface area (Å²) in [7, 11) is 9.87. The van der Waals surface area contributed by atoms with Crippen molar-refractivity contribution >= 4 is 23.2 Å². The Bertz CT molecular complexity index is 617. The molecule has 3 rings (SSSR count). The van der Waals surface area contributed by atoms with Gasteiger partial charge in [0.15, 0.2) is 0 Å². The second-order valence-electron chi connectivity index (χ2n) is 8.25. The van der Waals surface area contributed by atoms with E-state index in [9.17, 15) is 5.11 Å². The van der Waals surface area contributed by atoms with Crippen LogP contribution in [0.3, 0.4) is 0 Å². The molecular formula is C22H33Cl2NOZr. The van der Waals surface area contributed by atoms with Gasteiger partial charge >= 0.3 is 37.9 Å². The molecule has 2 saturated carbocycles. The Hall–Kier alpha value is 0.153. The molecule has 0 aliphatic heterocycles. The maximum absolute atomic E-state index is 10.9. The number of nitrogens with zero attached hydrogens (tertiary/aromatic N) is 1. The van der Waals surface area contributed by atoms with E-state index in [2.05, 4.69) is 32.9 Å². The van der Waals surface area contributed by atoms with Gasteiger partial charge in [-0.15, -0.1) is 0 Å². The van der Waals surface area contributed by atoms with Crippen LogP contribution in [-0.2, 0) is 20.8 Å². The van der Waals surface area contributed by atoms with E-state index < -0.39 is 20.8 Å². The molecule has 5 heteroatoms. The summed E-state index contributed by atoms with van der Waals surface area (Å²) in [6.45, 7) is 6.76. The average molecular weight is 490 g/mol. The van der Waals surface area contributed by atoms with E-state index in [0.717, 1.165) is 22.6 Å². The van der Waals surface area contributed by atoms with Crippen molar-refractivity contribution in [2.24, 2.45) is 16.8 Å². The van der Waals surface area contributed by atoms with Crippen LogP contribution in [0.5, 0.6) is 5.75 Å². The molecule has 2 nitrogen and oxygen atoms in total. The van der Waals surface area contributed by atoms with Gasteiger partial charge in [-0.1, -0.05) is 58.1 Å². The van der Waals surface area contributed by atoms with Gasteiger partial charge in [0, 0.05) is 11.8 Å². The molecule has 0 heterocycles. The summed E-state index contributed by atoms with van der Waals surface area (Å²) in [5.74, 6) is 2.41. The second kappa shape index (κ2) is 12.0. The van der Waals surface area contributed by atoms with Gasteiger partial charge in [-0.2, -0.15) is 0 Å². The van der Waals surface area contributed by atoms with Crippen LogP contribution in [0.4, 0.5) is 0 Å². The van der Waals surface area contributed by atoms with Crippen LogP contribution in [0.15, 0.2) is 17.1 Å². The standard InChI is InChI=1S/C22H33NO.2ClH.Zr/c1-15-8-7-11-21(17(15)3)23-14-20-16(2)12-13-19(22(20)24)18-9-5-4-6-10-18;;;/h12-15,17-18,21,24H,4-11H2,1-3H3;2*1H;/q;;;+2/p-2. The Morgan fingerprint density at radius 2 is 1.70 bits per heavy atom. The molecule has 0 spiro atoms. The molecule has 2 fully saturated rings. The number of aryl methyl sites for hydroxylation is 1. The molecule has 150 valence electrons. The third kappa shape index (κ3) is 6.58. The molecule has 0 radical (unpaired) electrons. The first kappa shape index (κ1) is 23.4. The molecule has 2 aliphatic rings. The molecule has 2 aliphatic carbocycles. The van der Waals surface area contributed by atoms with Crippen molar-refractivity contribution in [3.05, 3.63) is 28.8 Å². The fourth-order valence-electron chi connectivity index (χ4n) is 4.57. The summed E-state index contributed by atoms with van der Waals surface area (Å²) in [6, 6.07) is 4.72. The van der Waals surface area contributed by atoms with Gasteiger partial charge in [0.2, 0.25) is 0 Å². The monoisotopic (exact) mass is 487 g/mol. The molecule has 0 amide bonds. The summed E-state index contributed by atoms with van der Waals surface area (Å²) < 4.78 is 0. The van der Waals surface area contributed by atoms with Gasteiger partial charge in [0.25, 0.3) is 0 Å². The summed E-state index contributed by atoms with van der Waals surface area (Å²) in [4.78, 5) is 4.91. The number of rotatable bonds is 3. The van der Waals surface area contributed by atoms with E-state index in [1.54, 1.807) is 0 Å². The Balaban J connectivity index is 0.000000817. The van der Waals surface area contributed by atoms with Crippen molar-refractivity contribution in [3.8, 4) is 5.75 Å². The first-order chi connectivity index (χ1) is 13.0. The van der Waals surface area contributed by atoms with Gasteiger partial charge in [0.05, 0.1) is 6.04 Å². The van der Waals surface area contributed by atoms with Gasteiger partial charge in [-0.05, 0) is 55.1 Å². The quantitative estimate of drug-likeness (QED) is 0.442. The fraction of sp³-hybridized carbons (Fsp3) is 0.682. The zero-order valence-corrected chi connectivity index (χ0v) is 20.8. The summed E-state index contributed by atoms with van der Waals surface area (Å²) in [5.41, 5.74) is 3.22. The number of hydrogen-bond donors (Lipinski definition) is 1. The second-order valence-corrected chi connectivity index (χ2v) is 12.0. The van der Waals surface area contributed by atoms with E-state index in [-0.39, 0.29) is 0 Å². The first-order valence-corrected chi connectivity index (χ1v) is 16.6. The van der Waals surface area contributed by atoms with Gasteiger partial charge in [0.1, 0.15) is 5.75 Å². The Morgan fingerprint density at radius 1 is 1.04 bits per heavy atom. The van der Waals surface area contributed by atoms with Crippen LogP contribution >= 0.6 is 17.0 Å². The SMILES string of the molecule is Cc1ccc(C2CCCCC2)c(O)c1C=NC1CCCC(C)C1C.[Cl][Zr][Cl]. The number of aliphatic imine (C=N–C) groups is 1. The van der Waals surface area contributed by atoms with Gasteiger partial charge in [-0.25, -0.2) is 0 Å². The predicted molar refractivity (Wildman–Crippen MR) is 114 cm³/mol. The van der Waals surface area contributed by atoms with E-state index in [1.165, 1.54) is 51.4 Å². The number of hydrogen-bond acceptors (Lipinski definition) is 2. The number of phenolic OH excluding ortho intramolecular Hbond substituents is 1. The molecule has 0 aromatic heterocycles.